The molecule has 130 valence electrons. The van der Waals surface area contributed by atoms with Crippen LogP contribution in [0.15, 0.2) is 59.4 Å². The molecule has 8 heteroatoms. The second-order valence-electron chi connectivity index (χ2n) is 5.55. The van der Waals surface area contributed by atoms with Crippen molar-refractivity contribution in [2.24, 2.45) is 0 Å². The molecule has 4 rings (SSSR count). The quantitative estimate of drug-likeness (QED) is 0.575. The number of rotatable bonds is 4. The first-order valence-electron chi connectivity index (χ1n) is 7.71. The van der Waals surface area contributed by atoms with Gasteiger partial charge in [-0.3, -0.25) is 9.89 Å². The normalized spacial score (nSPS) is 11.0. The van der Waals surface area contributed by atoms with Crippen LogP contribution >= 0.6 is 23.2 Å². The summed E-state index contributed by atoms with van der Waals surface area (Å²) in [6, 6.07) is 15.8. The maximum atomic E-state index is 12.3. The lowest BCUT2D eigenvalue weighted by atomic mass is 10.2. The van der Waals surface area contributed by atoms with Gasteiger partial charge >= 0.3 is 0 Å². The second-order valence-corrected chi connectivity index (χ2v) is 6.43. The summed E-state index contributed by atoms with van der Waals surface area (Å²) in [5.74, 6) is 1.34. The minimum Gasteiger partial charge on any atom is -0.487 e. The fraction of sp³-hybridized carbons (Fsp3) is 0.0556. The van der Waals surface area contributed by atoms with Gasteiger partial charge in [0.2, 0.25) is 0 Å². The summed E-state index contributed by atoms with van der Waals surface area (Å²) in [5.41, 5.74) is 1.05. The standard InChI is InChI=1S/C18H12Cl2N4O2/c19-12-6-13(20)8-15(7-12)26-10-14-9-16(25)24-18(21-14)22-17(23-24)11-4-2-1-3-5-11/h1-9H,10H2,(H,21,22,23). The number of H-pyrrole nitrogens is 1. The number of hydrogen-bond acceptors (Lipinski definition) is 4. The Morgan fingerprint density at radius 3 is 2.46 bits per heavy atom. The number of halogens is 2. The molecular weight excluding hydrogens is 375 g/mol. The average molecular weight is 387 g/mol. The molecule has 0 radical (unpaired) electrons. The fourth-order valence-corrected chi connectivity index (χ4v) is 3.00. The maximum Gasteiger partial charge on any atom is 0.274 e. The third kappa shape index (κ3) is 3.42. The molecule has 0 amide bonds. The molecule has 0 aliphatic heterocycles. The molecule has 0 unspecified atom stereocenters. The Kier molecular flexibility index (Phi) is 4.36. The lowest BCUT2D eigenvalue weighted by Gasteiger charge is -2.06. The number of nitrogens with zero attached hydrogens (tertiary/aromatic N) is 3. The van der Waals surface area contributed by atoms with Gasteiger partial charge in [-0.25, -0.2) is 4.98 Å². The highest BCUT2D eigenvalue weighted by Crippen LogP contribution is 2.24. The van der Waals surface area contributed by atoms with Crippen LogP contribution in [0.1, 0.15) is 5.69 Å². The molecule has 1 N–H and O–H groups in total. The van der Waals surface area contributed by atoms with E-state index < -0.39 is 0 Å². The van der Waals surface area contributed by atoms with Crippen LogP contribution in [-0.2, 0) is 6.61 Å². The van der Waals surface area contributed by atoms with Crippen LogP contribution in [0.4, 0.5) is 0 Å². The Labute approximate surface area is 158 Å². The highest BCUT2D eigenvalue weighted by molar-refractivity contribution is 6.34. The zero-order chi connectivity index (χ0) is 18.1. The molecule has 0 saturated heterocycles. The Balaban J connectivity index is 1.63. The van der Waals surface area contributed by atoms with Crippen molar-refractivity contribution in [2.45, 2.75) is 6.61 Å². The van der Waals surface area contributed by atoms with E-state index in [4.69, 9.17) is 27.9 Å². The molecule has 0 aliphatic rings. The highest BCUT2D eigenvalue weighted by atomic mass is 35.5. The number of fused-ring (bicyclic) bond motifs is 1. The predicted octanol–water partition coefficient (Wildman–Crippen LogP) is 3.97. The first kappa shape index (κ1) is 16.6. The third-order valence-corrected chi connectivity index (χ3v) is 4.09. The predicted molar refractivity (Wildman–Crippen MR) is 99.8 cm³/mol. The number of nitrogens with one attached hydrogen (secondary N) is 1. The first-order chi connectivity index (χ1) is 12.6. The summed E-state index contributed by atoms with van der Waals surface area (Å²) in [5, 5.41) is 3.89. The van der Waals surface area contributed by atoms with E-state index in [1.165, 1.54) is 10.6 Å². The molecule has 0 fully saturated rings. The zero-order valence-corrected chi connectivity index (χ0v) is 14.8. The van der Waals surface area contributed by atoms with E-state index in [0.717, 1.165) is 5.56 Å². The van der Waals surface area contributed by atoms with Gasteiger partial charge < -0.3 is 4.74 Å². The highest BCUT2D eigenvalue weighted by Gasteiger charge is 2.10. The van der Waals surface area contributed by atoms with Crippen LogP contribution in [0.5, 0.6) is 5.75 Å². The van der Waals surface area contributed by atoms with Crippen LogP contribution in [-0.4, -0.2) is 19.6 Å². The SMILES string of the molecule is O=c1cc(COc2cc(Cl)cc(Cl)c2)nc2nc(-c3ccccc3)[nH]n12. The molecule has 4 aromatic rings. The van der Waals surface area contributed by atoms with Gasteiger partial charge in [-0.15, -0.1) is 0 Å². The molecule has 0 atom stereocenters. The minimum atomic E-state index is -0.271. The van der Waals surface area contributed by atoms with E-state index in [-0.39, 0.29) is 17.9 Å². The van der Waals surface area contributed by atoms with Crippen molar-refractivity contribution in [1.82, 2.24) is 19.6 Å². The maximum absolute atomic E-state index is 12.3. The van der Waals surface area contributed by atoms with Crippen molar-refractivity contribution >= 4 is 29.0 Å². The van der Waals surface area contributed by atoms with E-state index in [1.807, 2.05) is 30.3 Å². The monoisotopic (exact) mass is 386 g/mol. The van der Waals surface area contributed by atoms with Gasteiger partial charge in [-0.1, -0.05) is 53.5 Å². The van der Waals surface area contributed by atoms with Crippen molar-refractivity contribution in [1.29, 1.82) is 0 Å². The molecule has 6 nitrogen and oxygen atoms in total. The summed E-state index contributed by atoms with van der Waals surface area (Å²) >= 11 is 11.9. The van der Waals surface area contributed by atoms with E-state index in [0.29, 0.717) is 27.3 Å². The van der Waals surface area contributed by atoms with E-state index in [1.54, 1.807) is 18.2 Å². The zero-order valence-electron chi connectivity index (χ0n) is 13.3. The Bertz CT molecular complexity index is 1120. The number of aromatic nitrogens is 4. The molecule has 26 heavy (non-hydrogen) atoms. The second kappa shape index (κ2) is 6.82. The van der Waals surface area contributed by atoms with Crippen LogP contribution in [0.2, 0.25) is 10.0 Å². The van der Waals surface area contributed by atoms with Crippen molar-refractivity contribution < 1.29 is 4.74 Å². The fourth-order valence-electron chi connectivity index (χ4n) is 2.50. The van der Waals surface area contributed by atoms with Gasteiger partial charge in [0.05, 0.1) is 5.69 Å². The Hall–Kier alpha value is -2.83. The summed E-state index contributed by atoms with van der Waals surface area (Å²) in [7, 11) is 0. The third-order valence-electron chi connectivity index (χ3n) is 3.65. The molecule has 0 spiro atoms. The van der Waals surface area contributed by atoms with Gasteiger partial charge in [-0.2, -0.15) is 9.50 Å². The molecule has 0 aliphatic carbocycles. The molecule has 0 saturated carbocycles. The summed E-state index contributed by atoms with van der Waals surface area (Å²) in [6.45, 7) is 0.0932. The van der Waals surface area contributed by atoms with Gasteiger partial charge in [0.15, 0.2) is 5.82 Å². The van der Waals surface area contributed by atoms with Crippen molar-refractivity contribution in [2.75, 3.05) is 0 Å². The van der Waals surface area contributed by atoms with Gasteiger partial charge in [0.25, 0.3) is 11.3 Å². The van der Waals surface area contributed by atoms with Gasteiger partial charge in [0.1, 0.15) is 12.4 Å². The average Bonchev–Trinajstić information content (AvgIpc) is 3.05. The lowest BCUT2D eigenvalue weighted by Crippen LogP contribution is -2.16. The summed E-state index contributed by atoms with van der Waals surface area (Å²) in [6.07, 6.45) is 0. The van der Waals surface area contributed by atoms with Crippen molar-refractivity contribution in [3.8, 4) is 17.1 Å². The summed E-state index contributed by atoms with van der Waals surface area (Å²) in [4.78, 5) is 21.1. The van der Waals surface area contributed by atoms with Gasteiger partial charge in [-0.05, 0) is 18.2 Å². The molecular formula is C18H12Cl2N4O2. The van der Waals surface area contributed by atoms with E-state index in [9.17, 15) is 4.79 Å². The number of aromatic amines is 1. The Morgan fingerprint density at radius 2 is 1.73 bits per heavy atom. The number of hydrogen-bond donors (Lipinski definition) is 1. The lowest BCUT2D eigenvalue weighted by molar-refractivity contribution is 0.301. The van der Waals surface area contributed by atoms with Crippen LogP contribution in [0.25, 0.3) is 17.2 Å². The van der Waals surface area contributed by atoms with Crippen molar-refractivity contribution in [3.63, 3.8) is 0 Å². The topological polar surface area (TPSA) is 72.3 Å². The number of ether oxygens (including phenoxy) is 1. The molecule has 2 aromatic heterocycles. The molecule has 2 aromatic carbocycles. The minimum absolute atomic E-state index is 0.0932. The smallest absolute Gasteiger partial charge is 0.274 e. The first-order valence-corrected chi connectivity index (χ1v) is 8.47. The van der Waals surface area contributed by atoms with Crippen molar-refractivity contribution in [3.05, 3.63) is 80.7 Å². The van der Waals surface area contributed by atoms with Gasteiger partial charge in [0, 0.05) is 21.7 Å². The van der Waals surface area contributed by atoms with Crippen LogP contribution < -0.4 is 10.3 Å². The van der Waals surface area contributed by atoms with Crippen LogP contribution in [0.3, 0.4) is 0 Å². The molecule has 0 bridgehead atoms. The van der Waals surface area contributed by atoms with Crippen LogP contribution in [0, 0.1) is 0 Å². The largest absolute Gasteiger partial charge is 0.487 e. The summed E-state index contributed by atoms with van der Waals surface area (Å²) < 4.78 is 6.93. The molecule has 2 heterocycles. The number of benzene rings is 2. The Morgan fingerprint density at radius 1 is 1.00 bits per heavy atom. The van der Waals surface area contributed by atoms with E-state index >= 15 is 0 Å². The van der Waals surface area contributed by atoms with E-state index in [2.05, 4.69) is 15.1 Å².